The van der Waals surface area contributed by atoms with Crippen LogP contribution in [-0.2, 0) is 11.3 Å². The molecule has 1 aliphatic rings. The van der Waals surface area contributed by atoms with Gasteiger partial charge >= 0.3 is 0 Å². The molecule has 1 aliphatic heterocycles. The second-order valence-corrected chi connectivity index (χ2v) is 6.79. The lowest BCUT2D eigenvalue weighted by molar-refractivity contribution is -0.125. The number of anilines is 2. The molecule has 0 aliphatic carbocycles. The second-order valence-electron chi connectivity index (χ2n) is 6.79. The van der Waals surface area contributed by atoms with Gasteiger partial charge in [-0.05, 0) is 36.8 Å². The highest BCUT2D eigenvalue weighted by atomic mass is 19.1. The molecule has 2 amide bonds. The summed E-state index contributed by atoms with van der Waals surface area (Å²) in [6, 6.07) is 20.5. The molecule has 4 rings (SSSR count). The van der Waals surface area contributed by atoms with Crippen LogP contribution in [-0.4, -0.2) is 17.9 Å². The smallest absolute Gasteiger partial charge is 0.268 e. The molecule has 0 fully saturated rings. The predicted molar refractivity (Wildman–Crippen MR) is 109 cm³/mol. The highest BCUT2D eigenvalue weighted by molar-refractivity contribution is 6.05. The van der Waals surface area contributed by atoms with Crippen LogP contribution in [0.1, 0.15) is 22.8 Å². The van der Waals surface area contributed by atoms with Gasteiger partial charge in [-0.15, -0.1) is 0 Å². The van der Waals surface area contributed by atoms with E-state index in [2.05, 4.69) is 5.32 Å². The van der Waals surface area contributed by atoms with Gasteiger partial charge in [0.2, 0.25) is 0 Å². The molecule has 1 N–H and O–H groups in total. The van der Waals surface area contributed by atoms with Crippen molar-refractivity contribution in [3.05, 3.63) is 89.7 Å². The normalized spacial score (nSPS) is 15.4. The van der Waals surface area contributed by atoms with E-state index in [4.69, 9.17) is 4.74 Å². The Bertz CT molecular complexity index is 1070. The Morgan fingerprint density at radius 2 is 1.79 bits per heavy atom. The fourth-order valence-corrected chi connectivity index (χ4v) is 3.26. The Morgan fingerprint density at radius 3 is 2.55 bits per heavy atom. The Labute approximate surface area is 167 Å². The molecule has 3 aromatic carbocycles. The van der Waals surface area contributed by atoms with Crippen molar-refractivity contribution in [2.24, 2.45) is 0 Å². The molecular formula is C23H19FN2O3. The zero-order chi connectivity index (χ0) is 20.4. The van der Waals surface area contributed by atoms with E-state index < -0.39 is 17.8 Å². The van der Waals surface area contributed by atoms with Crippen LogP contribution in [0.4, 0.5) is 15.8 Å². The summed E-state index contributed by atoms with van der Waals surface area (Å²) in [5.41, 5.74) is 2.04. The standard InChI is InChI=1S/C23H19FN2O3/c1-15-23(28)26(14-16-7-3-2-4-8-16)20-12-11-17(13-21(20)29-15)25-22(27)18-9-5-6-10-19(18)24/h2-13,15H,14H2,1H3,(H,25,27). The molecule has 0 bridgehead atoms. The number of rotatable bonds is 4. The first-order valence-electron chi connectivity index (χ1n) is 9.25. The molecule has 0 saturated heterocycles. The average Bonchev–Trinajstić information content (AvgIpc) is 2.72. The number of hydrogen-bond donors (Lipinski definition) is 1. The van der Waals surface area contributed by atoms with Crippen LogP contribution < -0.4 is 15.0 Å². The molecule has 6 heteroatoms. The molecule has 1 heterocycles. The van der Waals surface area contributed by atoms with E-state index in [1.54, 1.807) is 36.1 Å². The Balaban J connectivity index is 1.60. The zero-order valence-electron chi connectivity index (χ0n) is 15.8. The number of hydrogen-bond acceptors (Lipinski definition) is 3. The van der Waals surface area contributed by atoms with Gasteiger partial charge in [-0.1, -0.05) is 42.5 Å². The number of carbonyl (C=O) groups excluding carboxylic acids is 2. The molecule has 5 nitrogen and oxygen atoms in total. The van der Waals surface area contributed by atoms with E-state index in [9.17, 15) is 14.0 Å². The Kier molecular flexibility index (Phi) is 4.99. The molecule has 1 atom stereocenters. The van der Waals surface area contributed by atoms with Gasteiger partial charge in [-0.2, -0.15) is 0 Å². The van der Waals surface area contributed by atoms with Crippen molar-refractivity contribution in [2.45, 2.75) is 19.6 Å². The second kappa shape index (κ2) is 7.75. The summed E-state index contributed by atoms with van der Waals surface area (Å²) < 4.78 is 19.6. The lowest BCUT2D eigenvalue weighted by Crippen LogP contribution is -2.44. The van der Waals surface area contributed by atoms with Gasteiger partial charge in [0.1, 0.15) is 11.6 Å². The lowest BCUT2D eigenvalue weighted by Gasteiger charge is -2.33. The summed E-state index contributed by atoms with van der Waals surface area (Å²) in [4.78, 5) is 26.7. The molecule has 0 radical (unpaired) electrons. The van der Waals surface area contributed by atoms with Crippen LogP contribution >= 0.6 is 0 Å². The van der Waals surface area contributed by atoms with E-state index in [-0.39, 0.29) is 11.5 Å². The van der Waals surface area contributed by atoms with Gasteiger partial charge in [0, 0.05) is 11.8 Å². The molecular weight excluding hydrogens is 371 g/mol. The molecule has 0 spiro atoms. The highest BCUT2D eigenvalue weighted by Crippen LogP contribution is 2.37. The minimum atomic E-state index is -0.649. The van der Waals surface area contributed by atoms with Gasteiger partial charge in [-0.3, -0.25) is 9.59 Å². The minimum absolute atomic E-state index is 0.0413. The fourth-order valence-electron chi connectivity index (χ4n) is 3.26. The summed E-state index contributed by atoms with van der Waals surface area (Å²) in [6.45, 7) is 2.11. The summed E-state index contributed by atoms with van der Waals surface area (Å²) in [5.74, 6) is -0.791. The van der Waals surface area contributed by atoms with Crippen LogP contribution in [0.5, 0.6) is 5.75 Å². The van der Waals surface area contributed by atoms with Crippen molar-refractivity contribution in [3.63, 3.8) is 0 Å². The number of carbonyl (C=O) groups is 2. The summed E-state index contributed by atoms with van der Waals surface area (Å²) >= 11 is 0. The Morgan fingerprint density at radius 1 is 1.07 bits per heavy atom. The summed E-state index contributed by atoms with van der Waals surface area (Å²) in [6.07, 6.45) is -0.649. The predicted octanol–water partition coefficient (Wildman–Crippen LogP) is 4.39. The molecule has 29 heavy (non-hydrogen) atoms. The fraction of sp³-hybridized carbons (Fsp3) is 0.130. The van der Waals surface area contributed by atoms with Gasteiger partial charge in [0.25, 0.3) is 11.8 Å². The van der Waals surface area contributed by atoms with E-state index in [0.29, 0.717) is 23.7 Å². The minimum Gasteiger partial charge on any atom is -0.479 e. The van der Waals surface area contributed by atoms with Crippen molar-refractivity contribution in [1.82, 2.24) is 0 Å². The largest absolute Gasteiger partial charge is 0.479 e. The third-order valence-corrected chi connectivity index (χ3v) is 4.73. The highest BCUT2D eigenvalue weighted by Gasteiger charge is 2.31. The van der Waals surface area contributed by atoms with Crippen LogP contribution in [0.3, 0.4) is 0 Å². The summed E-state index contributed by atoms with van der Waals surface area (Å²) in [7, 11) is 0. The molecule has 0 saturated carbocycles. The van der Waals surface area contributed by atoms with Crippen molar-refractivity contribution in [2.75, 3.05) is 10.2 Å². The first-order valence-corrected chi connectivity index (χ1v) is 9.25. The maximum Gasteiger partial charge on any atom is 0.268 e. The average molecular weight is 390 g/mol. The van der Waals surface area contributed by atoms with E-state index in [1.807, 2.05) is 30.3 Å². The van der Waals surface area contributed by atoms with Gasteiger partial charge in [0.05, 0.1) is 17.8 Å². The van der Waals surface area contributed by atoms with Gasteiger partial charge in [0.15, 0.2) is 6.10 Å². The molecule has 0 aromatic heterocycles. The number of nitrogens with zero attached hydrogens (tertiary/aromatic N) is 1. The third kappa shape index (κ3) is 3.82. The van der Waals surface area contributed by atoms with E-state index >= 15 is 0 Å². The quantitative estimate of drug-likeness (QED) is 0.719. The van der Waals surface area contributed by atoms with Crippen LogP contribution in [0.25, 0.3) is 0 Å². The van der Waals surface area contributed by atoms with Crippen molar-refractivity contribution < 1.29 is 18.7 Å². The number of ether oxygens (including phenoxy) is 1. The van der Waals surface area contributed by atoms with Crippen molar-refractivity contribution in [1.29, 1.82) is 0 Å². The van der Waals surface area contributed by atoms with E-state index in [1.165, 1.54) is 18.2 Å². The van der Waals surface area contributed by atoms with Crippen molar-refractivity contribution in [3.8, 4) is 5.75 Å². The van der Waals surface area contributed by atoms with E-state index in [0.717, 1.165) is 5.56 Å². The first kappa shape index (κ1) is 18.7. The van der Waals surface area contributed by atoms with Gasteiger partial charge < -0.3 is 15.0 Å². The SMILES string of the molecule is CC1Oc2cc(NC(=O)c3ccccc3F)ccc2N(Cc2ccccc2)C1=O. The summed E-state index contributed by atoms with van der Waals surface area (Å²) in [5, 5.41) is 2.68. The Hall–Kier alpha value is -3.67. The topological polar surface area (TPSA) is 58.6 Å². The van der Waals surface area contributed by atoms with Crippen LogP contribution in [0.2, 0.25) is 0 Å². The zero-order valence-corrected chi connectivity index (χ0v) is 15.8. The maximum atomic E-state index is 13.8. The van der Waals surface area contributed by atoms with Crippen LogP contribution in [0.15, 0.2) is 72.8 Å². The number of fused-ring (bicyclic) bond motifs is 1. The molecule has 3 aromatic rings. The van der Waals surface area contributed by atoms with Crippen molar-refractivity contribution >= 4 is 23.2 Å². The number of nitrogens with one attached hydrogen (secondary N) is 1. The lowest BCUT2D eigenvalue weighted by atomic mass is 10.1. The molecule has 146 valence electrons. The first-order chi connectivity index (χ1) is 14.0. The number of halogens is 1. The maximum absolute atomic E-state index is 13.8. The van der Waals surface area contributed by atoms with Gasteiger partial charge in [-0.25, -0.2) is 4.39 Å². The number of amides is 2. The number of benzene rings is 3. The monoisotopic (exact) mass is 390 g/mol. The third-order valence-electron chi connectivity index (χ3n) is 4.73. The van der Waals surface area contributed by atoms with Crippen LogP contribution in [0, 0.1) is 5.82 Å². The molecule has 1 unspecified atom stereocenters.